The van der Waals surface area contributed by atoms with Gasteiger partial charge in [-0.05, 0) is 51.0 Å². The zero-order valence-electron chi connectivity index (χ0n) is 20.1. The summed E-state index contributed by atoms with van der Waals surface area (Å²) < 4.78 is 9.13. The number of hydrogen-bond acceptors (Lipinski definition) is 4. The van der Waals surface area contributed by atoms with E-state index in [0.717, 1.165) is 11.1 Å². The van der Waals surface area contributed by atoms with Crippen molar-refractivity contribution in [3.05, 3.63) is 80.3 Å². The number of hydrogen-bond donors (Lipinski definition) is 2. The summed E-state index contributed by atoms with van der Waals surface area (Å²) in [4.78, 5) is 41.7. The van der Waals surface area contributed by atoms with Gasteiger partial charge < -0.3 is 24.2 Å². The summed E-state index contributed by atoms with van der Waals surface area (Å²) in [6.07, 6.45) is 3.32. The lowest BCUT2D eigenvalue weighted by Crippen LogP contribution is -2.30. The van der Waals surface area contributed by atoms with Crippen molar-refractivity contribution in [1.82, 2.24) is 19.4 Å². The zero-order chi connectivity index (χ0) is 24.7. The number of aryl methyl sites for hydroxylation is 4. The van der Waals surface area contributed by atoms with Crippen LogP contribution >= 0.6 is 0 Å². The monoisotopic (exact) mass is 460 g/mol. The molecular weight excluding hydrogens is 432 g/mol. The predicted octanol–water partition coefficient (Wildman–Crippen LogP) is 3.78. The van der Waals surface area contributed by atoms with E-state index in [-0.39, 0.29) is 40.0 Å². The van der Waals surface area contributed by atoms with Gasteiger partial charge in [0.25, 0.3) is 17.0 Å². The molecule has 0 unspecified atom stereocenters. The molecule has 0 atom stereocenters. The number of para-hydroxylation sites is 1. The molecule has 0 aliphatic rings. The van der Waals surface area contributed by atoms with Crippen molar-refractivity contribution in [3.63, 3.8) is 0 Å². The third-order valence-corrected chi connectivity index (χ3v) is 5.76. The van der Waals surface area contributed by atoms with Crippen molar-refractivity contribution in [2.75, 3.05) is 0 Å². The van der Waals surface area contributed by atoms with Gasteiger partial charge in [-0.3, -0.25) is 14.4 Å². The number of carbonyl (C=O) groups is 1. The lowest BCUT2D eigenvalue weighted by molar-refractivity contribution is 0.0939. The molecule has 0 spiro atoms. The van der Waals surface area contributed by atoms with Crippen LogP contribution in [0.4, 0.5) is 0 Å². The molecule has 0 aliphatic heterocycles. The Morgan fingerprint density at radius 3 is 2.29 bits per heavy atom. The minimum absolute atomic E-state index is 0.0595. The fourth-order valence-corrected chi connectivity index (χ4v) is 3.99. The van der Waals surface area contributed by atoms with Crippen molar-refractivity contribution >= 4 is 16.8 Å². The topological polar surface area (TPSA) is 98.1 Å². The summed E-state index contributed by atoms with van der Waals surface area (Å²) in [5.41, 5.74) is 2.91. The van der Waals surface area contributed by atoms with E-state index >= 15 is 0 Å². The number of rotatable bonds is 5. The van der Waals surface area contributed by atoms with Gasteiger partial charge in [-0.25, -0.2) is 0 Å². The van der Waals surface area contributed by atoms with Gasteiger partial charge in [0.05, 0.1) is 0 Å². The molecule has 176 valence electrons. The lowest BCUT2D eigenvalue weighted by atomic mass is 10.0. The maximum atomic E-state index is 13.2. The van der Waals surface area contributed by atoms with Crippen molar-refractivity contribution in [2.45, 2.75) is 33.7 Å². The van der Waals surface area contributed by atoms with Gasteiger partial charge in [-0.2, -0.15) is 0 Å². The molecular formula is C26H28N4O4. The molecule has 0 radical (unpaired) electrons. The summed E-state index contributed by atoms with van der Waals surface area (Å²) in [6.45, 7) is 7.57. The second kappa shape index (κ2) is 8.70. The van der Waals surface area contributed by atoms with E-state index in [0.29, 0.717) is 22.3 Å². The quantitative estimate of drug-likeness (QED) is 0.474. The molecule has 1 amide bonds. The second-order valence-corrected chi connectivity index (χ2v) is 8.86. The number of pyridine rings is 2. The molecule has 8 heteroatoms. The van der Waals surface area contributed by atoms with Crippen LogP contribution < -0.4 is 21.2 Å². The molecule has 0 bridgehead atoms. The maximum Gasteiger partial charge on any atom is 0.293 e. The number of nitrogens with one attached hydrogen (secondary N) is 2. The Hall–Kier alpha value is -4.07. The molecule has 2 N–H and O–H groups in total. The molecule has 34 heavy (non-hydrogen) atoms. The van der Waals surface area contributed by atoms with Crippen LogP contribution in [0.3, 0.4) is 0 Å². The Bertz CT molecular complexity index is 1520. The molecule has 8 nitrogen and oxygen atoms in total. The number of fused-ring (bicyclic) bond motifs is 1. The first-order chi connectivity index (χ1) is 16.1. The van der Waals surface area contributed by atoms with Gasteiger partial charge in [-0.1, -0.05) is 18.2 Å². The van der Waals surface area contributed by atoms with Crippen LogP contribution in [-0.4, -0.2) is 26.1 Å². The number of aromatic nitrogens is 3. The van der Waals surface area contributed by atoms with Gasteiger partial charge in [0.15, 0.2) is 5.75 Å². The third kappa shape index (κ3) is 4.03. The number of aromatic amines is 1. The van der Waals surface area contributed by atoms with E-state index in [2.05, 4.69) is 10.3 Å². The smallest absolute Gasteiger partial charge is 0.293 e. The van der Waals surface area contributed by atoms with Crippen molar-refractivity contribution in [2.24, 2.45) is 14.1 Å². The number of H-pyrrole nitrogens is 1. The Labute approximate surface area is 196 Å². The van der Waals surface area contributed by atoms with Gasteiger partial charge in [0.1, 0.15) is 17.0 Å². The first kappa shape index (κ1) is 23.1. The number of benzene rings is 1. The number of nitrogens with zero attached hydrogens (tertiary/aromatic N) is 2. The van der Waals surface area contributed by atoms with Crippen LogP contribution in [0.15, 0.2) is 52.3 Å². The molecule has 0 aliphatic carbocycles. The summed E-state index contributed by atoms with van der Waals surface area (Å²) in [5.74, 6) is 0.450. The molecule has 0 saturated heterocycles. The van der Waals surface area contributed by atoms with Gasteiger partial charge in [-0.15, -0.1) is 0 Å². The van der Waals surface area contributed by atoms with E-state index in [1.54, 1.807) is 38.6 Å². The number of ether oxygens (including phenoxy) is 1. The predicted molar refractivity (Wildman–Crippen MR) is 133 cm³/mol. The fourth-order valence-electron chi connectivity index (χ4n) is 3.99. The van der Waals surface area contributed by atoms with Crippen molar-refractivity contribution in [1.29, 1.82) is 0 Å². The average molecular weight is 461 g/mol. The lowest BCUT2D eigenvalue weighted by Gasteiger charge is -2.16. The van der Waals surface area contributed by atoms with Crippen LogP contribution in [0.2, 0.25) is 0 Å². The highest BCUT2D eigenvalue weighted by Gasteiger charge is 2.21. The third-order valence-electron chi connectivity index (χ3n) is 5.76. The van der Waals surface area contributed by atoms with E-state index in [4.69, 9.17) is 4.74 Å². The Morgan fingerprint density at radius 2 is 1.65 bits per heavy atom. The second-order valence-electron chi connectivity index (χ2n) is 8.86. The standard InChI is InChI=1S/C26H28N4O4/c1-14(2)27-24(31)20-12-18-19(13-30(6)25(32)21(18)28-20)17-10-11-29(5)26(33)23(17)34-22-15(3)8-7-9-16(22)4/h7-14,28H,1-6H3,(H,27,31). The number of carbonyl (C=O) groups excluding carboxylic acids is 1. The molecule has 4 aromatic rings. The number of amides is 1. The maximum absolute atomic E-state index is 13.2. The molecule has 0 saturated carbocycles. The van der Waals surface area contributed by atoms with E-state index < -0.39 is 0 Å². The Kier molecular flexibility index (Phi) is 5.91. The highest BCUT2D eigenvalue weighted by Crippen LogP contribution is 2.36. The van der Waals surface area contributed by atoms with Crippen LogP contribution in [0, 0.1) is 13.8 Å². The summed E-state index contributed by atoms with van der Waals surface area (Å²) in [6, 6.07) is 9.14. The van der Waals surface area contributed by atoms with E-state index in [1.807, 2.05) is 45.9 Å². The fraction of sp³-hybridized carbons (Fsp3) is 0.269. The van der Waals surface area contributed by atoms with E-state index in [9.17, 15) is 14.4 Å². The Morgan fingerprint density at radius 1 is 0.971 bits per heavy atom. The van der Waals surface area contributed by atoms with Crippen LogP contribution in [0.5, 0.6) is 11.5 Å². The summed E-state index contributed by atoms with van der Waals surface area (Å²) >= 11 is 0. The molecule has 4 rings (SSSR count). The van der Waals surface area contributed by atoms with Crippen LogP contribution in [-0.2, 0) is 14.1 Å². The normalized spacial score (nSPS) is 11.3. The van der Waals surface area contributed by atoms with Gasteiger partial charge in [0, 0.05) is 49.0 Å². The van der Waals surface area contributed by atoms with E-state index in [1.165, 1.54) is 9.13 Å². The largest absolute Gasteiger partial charge is 0.450 e. The van der Waals surface area contributed by atoms with Crippen molar-refractivity contribution < 1.29 is 9.53 Å². The minimum Gasteiger partial charge on any atom is -0.450 e. The molecule has 3 aromatic heterocycles. The van der Waals surface area contributed by atoms with Crippen LogP contribution in [0.25, 0.3) is 22.0 Å². The molecule has 0 fully saturated rings. The Balaban J connectivity index is 1.98. The average Bonchev–Trinajstić information content (AvgIpc) is 3.22. The molecule has 3 heterocycles. The molecule has 1 aromatic carbocycles. The van der Waals surface area contributed by atoms with Gasteiger partial charge in [0.2, 0.25) is 0 Å². The summed E-state index contributed by atoms with van der Waals surface area (Å²) in [7, 11) is 3.29. The first-order valence-corrected chi connectivity index (χ1v) is 11.1. The first-order valence-electron chi connectivity index (χ1n) is 11.1. The van der Waals surface area contributed by atoms with Gasteiger partial charge >= 0.3 is 0 Å². The highest BCUT2D eigenvalue weighted by molar-refractivity contribution is 6.03. The minimum atomic E-state index is -0.310. The van der Waals surface area contributed by atoms with Crippen LogP contribution in [0.1, 0.15) is 35.5 Å². The zero-order valence-corrected chi connectivity index (χ0v) is 20.1. The SMILES string of the molecule is Cc1cccc(C)c1Oc1c(-c2cn(C)c(=O)c3[nH]c(C(=O)NC(C)C)cc23)ccn(C)c1=O. The summed E-state index contributed by atoms with van der Waals surface area (Å²) in [5, 5.41) is 3.37. The highest BCUT2D eigenvalue weighted by atomic mass is 16.5. The van der Waals surface area contributed by atoms with Crippen molar-refractivity contribution in [3.8, 4) is 22.6 Å².